The maximum atomic E-state index is 13.3. The first-order valence-corrected chi connectivity index (χ1v) is 12.5. The molecular formula is C26H26Cl2F3N3O3. The summed E-state index contributed by atoms with van der Waals surface area (Å²) in [6.07, 6.45) is 0.302. The standard InChI is InChI=1S/C26H26Cl2F3N3O3/c1-14-8-17(26(29,30)31)10-18-15(2)12-34(24(14)18)13-19-20(27)11-32-23(22(19)28)25(36)33-6-4-16(5-7-33)9-21(35)37-3/h8,10-12,16H,4-7,9,13H2,1-3H3. The first kappa shape index (κ1) is 27.3. The van der Waals surface area contributed by atoms with Crippen LogP contribution in [0.15, 0.2) is 24.5 Å². The number of rotatable bonds is 5. The van der Waals surface area contributed by atoms with Crippen LogP contribution in [0.2, 0.25) is 10.0 Å². The number of amides is 1. The number of ether oxygens (including phenoxy) is 1. The molecule has 0 aliphatic carbocycles. The van der Waals surface area contributed by atoms with Gasteiger partial charge in [-0.15, -0.1) is 0 Å². The average Bonchev–Trinajstić information content (AvgIpc) is 3.17. The number of aryl methyl sites for hydroxylation is 2. The van der Waals surface area contributed by atoms with Crippen molar-refractivity contribution in [2.45, 2.75) is 45.8 Å². The number of aromatic nitrogens is 2. The molecule has 1 saturated heterocycles. The Kier molecular flexibility index (Phi) is 7.76. The summed E-state index contributed by atoms with van der Waals surface area (Å²) in [5.74, 6) is -0.458. The lowest BCUT2D eigenvalue weighted by molar-refractivity contribution is -0.142. The molecule has 2 aromatic heterocycles. The van der Waals surface area contributed by atoms with E-state index in [0.29, 0.717) is 59.9 Å². The number of pyridine rings is 1. The van der Waals surface area contributed by atoms with Crippen LogP contribution in [0.1, 0.15) is 52.0 Å². The van der Waals surface area contributed by atoms with Gasteiger partial charge in [-0.2, -0.15) is 13.2 Å². The minimum Gasteiger partial charge on any atom is -0.469 e. The lowest BCUT2D eigenvalue weighted by Crippen LogP contribution is -2.39. The summed E-state index contributed by atoms with van der Waals surface area (Å²) in [5, 5.41) is 0.848. The molecule has 0 unspecified atom stereocenters. The molecule has 11 heteroatoms. The fraction of sp³-hybridized carbons (Fsp3) is 0.423. The van der Waals surface area contributed by atoms with Crippen LogP contribution in [0.3, 0.4) is 0 Å². The summed E-state index contributed by atoms with van der Waals surface area (Å²) in [6, 6.07) is 2.26. The zero-order chi connectivity index (χ0) is 27.1. The Morgan fingerprint density at radius 1 is 1.14 bits per heavy atom. The molecule has 0 bridgehead atoms. The molecule has 4 rings (SSSR count). The van der Waals surface area contributed by atoms with Crippen LogP contribution in [0.25, 0.3) is 10.9 Å². The van der Waals surface area contributed by atoms with Gasteiger partial charge in [-0.3, -0.25) is 9.59 Å². The Balaban J connectivity index is 1.61. The number of carbonyl (C=O) groups excluding carboxylic acids is 2. The number of likely N-dealkylation sites (tertiary alicyclic amines) is 1. The highest BCUT2D eigenvalue weighted by Gasteiger charge is 2.32. The maximum absolute atomic E-state index is 13.3. The number of piperidine rings is 1. The van der Waals surface area contributed by atoms with E-state index >= 15 is 0 Å². The van der Waals surface area contributed by atoms with E-state index < -0.39 is 11.7 Å². The molecule has 1 aliphatic heterocycles. The van der Waals surface area contributed by atoms with Crippen molar-refractivity contribution < 1.29 is 27.5 Å². The smallest absolute Gasteiger partial charge is 0.416 e. The summed E-state index contributed by atoms with van der Waals surface area (Å²) in [5.41, 5.74) is 1.59. The van der Waals surface area contributed by atoms with E-state index in [1.807, 2.05) is 0 Å². The number of fused-ring (bicyclic) bond motifs is 1. The molecular weight excluding hydrogens is 530 g/mol. The summed E-state index contributed by atoms with van der Waals surface area (Å²) in [6.45, 7) is 4.44. The van der Waals surface area contributed by atoms with Crippen molar-refractivity contribution in [3.63, 3.8) is 0 Å². The van der Waals surface area contributed by atoms with Gasteiger partial charge < -0.3 is 14.2 Å². The van der Waals surface area contributed by atoms with Gasteiger partial charge in [-0.1, -0.05) is 23.2 Å². The number of hydrogen-bond acceptors (Lipinski definition) is 4. The number of halogens is 5. The van der Waals surface area contributed by atoms with Gasteiger partial charge in [0.1, 0.15) is 5.69 Å². The van der Waals surface area contributed by atoms with E-state index in [0.717, 1.165) is 12.1 Å². The highest BCUT2D eigenvalue weighted by molar-refractivity contribution is 6.37. The second kappa shape index (κ2) is 10.5. The van der Waals surface area contributed by atoms with Gasteiger partial charge in [0.15, 0.2) is 0 Å². The zero-order valence-electron chi connectivity index (χ0n) is 20.6. The van der Waals surface area contributed by atoms with Gasteiger partial charge >= 0.3 is 12.1 Å². The molecule has 37 heavy (non-hydrogen) atoms. The Labute approximate surface area is 222 Å². The van der Waals surface area contributed by atoms with Crippen molar-refractivity contribution in [2.75, 3.05) is 20.2 Å². The molecule has 1 aliphatic rings. The van der Waals surface area contributed by atoms with E-state index in [1.54, 1.807) is 29.5 Å². The number of benzene rings is 1. The van der Waals surface area contributed by atoms with Crippen molar-refractivity contribution >= 4 is 46.0 Å². The number of hydrogen-bond donors (Lipinski definition) is 0. The third-order valence-electron chi connectivity index (χ3n) is 6.87. The monoisotopic (exact) mass is 555 g/mol. The topological polar surface area (TPSA) is 64.4 Å². The highest BCUT2D eigenvalue weighted by atomic mass is 35.5. The van der Waals surface area contributed by atoms with Crippen molar-refractivity contribution in [3.05, 3.63) is 62.5 Å². The molecule has 3 heterocycles. The van der Waals surface area contributed by atoms with E-state index in [9.17, 15) is 22.8 Å². The third kappa shape index (κ3) is 5.57. The summed E-state index contributed by atoms with van der Waals surface area (Å²) in [4.78, 5) is 30.7. The van der Waals surface area contributed by atoms with Gasteiger partial charge in [-0.05, 0) is 55.9 Å². The van der Waals surface area contributed by atoms with Gasteiger partial charge in [0.05, 0.1) is 34.8 Å². The van der Waals surface area contributed by atoms with Crippen molar-refractivity contribution in [1.29, 1.82) is 0 Å². The van der Waals surface area contributed by atoms with Crippen LogP contribution in [0.5, 0.6) is 0 Å². The minimum atomic E-state index is -4.45. The van der Waals surface area contributed by atoms with E-state index in [1.165, 1.54) is 13.3 Å². The van der Waals surface area contributed by atoms with Gasteiger partial charge in [0.25, 0.3) is 5.91 Å². The van der Waals surface area contributed by atoms with Crippen molar-refractivity contribution in [1.82, 2.24) is 14.5 Å². The summed E-state index contributed by atoms with van der Waals surface area (Å²) >= 11 is 13.1. The average molecular weight is 556 g/mol. The fourth-order valence-corrected chi connectivity index (χ4v) is 5.44. The predicted octanol–water partition coefficient (Wildman–Crippen LogP) is 6.44. The molecule has 198 valence electrons. The SMILES string of the molecule is COC(=O)CC1CCN(C(=O)c2ncc(Cl)c(Cn3cc(C)c4cc(C(F)(F)F)cc(C)c43)c2Cl)CC1. The molecule has 0 radical (unpaired) electrons. The predicted molar refractivity (Wildman–Crippen MR) is 135 cm³/mol. The number of methoxy groups -OCH3 is 1. The second-order valence-corrected chi connectivity index (χ2v) is 10.2. The Hall–Kier alpha value is -2.78. The van der Waals surface area contributed by atoms with Crippen molar-refractivity contribution in [2.24, 2.45) is 5.92 Å². The zero-order valence-corrected chi connectivity index (χ0v) is 22.1. The normalized spacial score (nSPS) is 14.9. The molecule has 1 fully saturated rings. The molecule has 6 nitrogen and oxygen atoms in total. The maximum Gasteiger partial charge on any atom is 0.416 e. The highest BCUT2D eigenvalue weighted by Crippen LogP contribution is 2.36. The molecule has 0 spiro atoms. The molecule has 0 N–H and O–H groups in total. The van der Waals surface area contributed by atoms with Crippen LogP contribution < -0.4 is 0 Å². The van der Waals surface area contributed by atoms with Crippen LogP contribution in [-0.4, -0.2) is 46.5 Å². The van der Waals surface area contributed by atoms with E-state index in [2.05, 4.69) is 4.98 Å². The first-order chi connectivity index (χ1) is 17.4. The Morgan fingerprint density at radius 2 is 1.81 bits per heavy atom. The number of esters is 1. The number of carbonyl (C=O) groups is 2. The quantitative estimate of drug-likeness (QED) is 0.340. The first-order valence-electron chi connectivity index (χ1n) is 11.8. The molecule has 1 aromatic carbocycles. The van der Waals surface area contributed by atoms with E-state index in [-0.39, 0.29) is 40.1 Å². The summed E-state index contributed by atoms with van der Waals surface area (Å²) < 4.78 is 46.6. The van der Waals surface area contributed by atoms with E-state index in [4.69, 9.17) is 27.9 Å². The molecule has 0 atom stereocenters. The minimum absolute atomic E-state index is 0.0664. The van der Waals surface area contributed by atoms with Crippen LogP contribution >= 0.6 is 23.2 Å². The third-order valence-corrected chi connectivity index (χ3v) is 7.61. The lowest BCUT2D eigenvalue weighted by atomic mass is 9.93. The van der Waals surface area contributed by atoms with Gasteiger partial charge in [-0.25, -0.2) is 4.98 Å². The van der Waals surface area contributed by atoms with Gasteiger partial charge in [0.2, 0.25) is 0 Å². The Morgan fingerprint density at radius 3 is 2.43 bits per heavy atom. The van der Waals surface area contributed by atoms with Crippen LogP contribution in [0.4, 0.5) is 13.2 Å². The number of alkyl halides is 3. The van der Waals surface area contributed by atoms with Crippen LogP contribution in [-0.2, 0) is 22.3 Å². The second-order valence-electron chi connectivity index (χ2n) is 9.39. The largest absolute Gasteiger partial charge is 0.469 e. The van der Waals surface area contributed by atoms with Crippen molar-refractivity contribution in [3.8, 4) is 0 Å². The molecule has 0 saturated carbocycles. The summed E-state index contributed by atoms with van der Waals surface area (Å²) in [7, 11) is 1.35. The number of nitrogens with zero attached hydrogens (tertiary/aromatic N) is 3. The molecule has 3 aromatic rings. The Bertz CT molecular complexity index is 1360. The van der Waals surface area contributed by atoms with Gasteiger partial charge in [0, 0.05) is 42.9 Å². The fourth-order valence-electron chi connectivity index (χ4n) is 4.89. The molecule has 1 amide bonds. The lowest BCUT2D eigenvalue weighted by Gasteiger charge is -2.31. The van der Waals surface area contributed by atoms with Crippen LogP contribution in [0, 0.1) is 19.8 Å².